The molecule has 0 aromatic heterocycles. The Hall–Kier alpha value is -4.15. The second kappa shape index (κ2) is 11.1. The van der Waals surface area contributed by atoms with Gasteiger partial charge in [-0.05, 0) is 60.7 Å². The van der Waals surface area contributed by atoms with Crippen LogP contribution >= 0.6 is 7.44 Å². The lowest BCUT2D eigenvalue weighted by molar-refractivity contribution is 0.587. The van der Waals surface area contributed by atoms with Crippen molar-refractivity contribution in [1.29, 1.82) is 10.5 Å². The van der Waals surface area contributed by atoms with Gasteiger partial charge in [0.2, 0.25) is 19.7 Å². The largest absolute Gasteiger partial charge is 0.317 e. The molecule has 0 saturated heterocycles. The predicted molar refractivity (Wildman–Crippen MR) is 138 cm³/mol. The van der Waals surface area contributed by atoms with Crippen LogP contribution in [0.3, 0.4) is 0 Å². The van der Waals surface area contributed by atoms with Crippen molar-refractivity contribution in [3.05, 3.63) is 102 Å². The van der Waals surface area contributed by atoms with E-state index < -0.39 is 27.1 Å². The Morgan fingerprint density at radius 1 is 0.639 bits per heavy atom. The highest BCUT2D eigenvalue weighted by atomic mass is 32.2. The fourth-order valence-electron chi connectivity index (χ4n) is 2.99. The topological polar surface area (TPSA) is 157 Å². The van der Waals surface area contributed by atoms with Gasteiger partial charge in [-0.3, -0.25) is 4.57 Å². The van der Waals surface area contributed by atoms with Crippen molar-refractivity contribution in [3.63, 3.8) is 0 Å². The maximum Gasteiger partial charge on any atom is 0.287 e. The van der Waals surface area contributed by atoms with Crippen LogP contribution in [0.2, 0.25) is 0 Å². The van der Waals surface area contributed by atoms with Crippen LogP contribution in [0.5, 0.6) is 0 Å². The van der Waals surface area contributed by atoms with Gasteiger partial charge in [-0.2, -0.15) is 10.5 Å². The Morgan fingerprint density at radius 2 is 1.03 bits per heavy atom. The summed E-state index contributed by atoms with van der Waals surface area (Å²) in [7, 11) is -11.2. The summed E-state index contributed by atoms with van der Waals surface area (Å²) in [5, 5.41) is 25.0. The second-order valence-electron chi connectivity index (χ2n) is 7.17. The summed E-state index contributed by atoms with van der Waals surface area (Å²) in [6.45, 7) is 0. The Balaban J connectivity index is 1.92. The third-order valence-corrected chi connectivity index (χ3v) is 9.72. The van der Waals surface area contributed by atoms with Gasteiger partial charge in [-0.15, -0.1) is 0 Å². The molecule has 0 fully saturated rings. The molecule has 0 spiro atoms. The number of nitrogens with one attached hydrogen (secondary N) is 2. The van der Waals surface area contributed by atoms with E-state index in [2.05, 4.69) is 10.2 Å². The SMILES string of the molecule is N#CC=CS(=O)(=O)c1ccc(NP(=O)(Nc2ccc(S(=O)(=O)C=CC#N)cc2)c2ccccc2)cc1. The molecule has 0 aliphatic carbocycles. The quantitative estimate of drug-likeness (QED) is 0.298. The van der Waals surface area contributed by atoms with Crippen LogP contribution in [0.4, 0.5) is 11.4 Å². The summed E-state index contributed by atoms with van der Waals surface area (Å²) in [5.41, 5.74) is 0.720. The van der Waals surface area contributed by atoms with E-state index in [0.717, 1.165) is 23.0 Å². The minimum atomic E-state index is -3.79. The summed E-state index contributed by atoms with van der Waals surface area (Å²) in [6.07, 6.45) is 1.73. The van der Waals surface area contributed by atoms with E-state index in [1.165, 1.54) is 48.5 Å². The summed E-state index contributed by atoms with van der Waals surface area (Å²) >= 11 is 0. The first-order valence-corrected chi connectivity index (χ1v) is 14.9. The van der Waals surface area contributed by atoms with Gasteiger partial charge in [-0.25, -0.2) is 16.8 Å². The number of rotatable bonds is 9. The summed E-state index contributed by atoms with van der Waals surface area (Å²) < 4.78 is 62.9. The normalized spacial score (nSPS) is 13.5. The Labute approximate surface area is 209 Å². The molecule has 12 heteroatoms. The average molecular weight is 539 g/mol. The standard InChI is InChI=1S/C24H19N4O5PS2/c25-16-4-18-35(30,31)23-12-8-20(9-13-23)27-34(29,22-6-2-1-3-7-22)28-21-10-14-24(15-11-21)36(32,33)19-5-17-26/h1-15,18-19H,(H2,27,28,29). The number of anilines is 2. The molecule has 0 radical (unpaired) electrons. The van der Waals surface area contributed by atoms with Crippen LogP contribution in [0, 0.1) is 22.7 Å². The van der Waals surface area contributed by atoms with Gasteiger partial charge < -0.3 is 10.2 Å². The number of hydrogen-bond acceptors (Lipinski definition) is 7. The van der Waals surface area contributed by atoms with Gasteiger partial charge in [0.25, 0.3) is 7.44 Å². The first-order chi connectivity index (χ1) is 17.1. The maximum atomic E-state index is 14.0. The van der Waals surface area contributed by atoms with E-state index >= 15 is 0 Å². The lowest BCUT2D eigenvalue weighted by Gasteiger charge is -2.23. The Morgan fingerprint density at radius 3 is 1.39 bits per heavy atom. The van der Waals surface area contributed by atoms with Crippen LogP contribution in [0.1, 0.15) is 0 Å². The highest BCUT2D eigenvalue weighted by Gasteiger charge is 2.25. The molecular weight excluding hydrogens is 519 g/mol. The first kappa shape index (κ1) is 26.5. The zero-order valence-corrected chi connectivity index (χ0v) is 21.0. The molecule has 9 nitrogen and oxygen atoms in total. The summed E-state index contributed by atoms with van der Waals surface area (Å²) in [4.78, 5) is -0.0754. The number of nitriles is 2. The first-order valence-electron chi connectivity index (χ1n) is 10.1. The minimum Gasteiger partial charge on any atom is -0.317 e. The molecule has 3 rings (SSSR count). The lowest BCUT2D eigenvalue weighted by atomic mass is 10.3. The zero-order chi connectivity index (χ0) is 26.2. The molecule has 0 heterocycles. The van der Waals surface area contributed by atoms with Crippen molar-refractivity contribution < 1.29 is 21.4 Å². The van der Waals surface area contributed by atoms with Crippen LogP contribution < -0.4 is 15.5 Å². The molecule has 0 saturated carbocycles. The van der Waals surface area contributed by atoms with Gasteiger partial charge in [0.15, 0.2) is 0 Å². The molecule has 0 aliphatic heterocycles. The molecule has 3 aromatic rings. The number of hydrogen-bond donors (Lipinski definition) is 2. The average Bonchev–Trinajstić information content (AvgIpc) is 2.87. The molecule has 0 atom stereocenters. The molecule has 182 valence electrons. The van der Waals surface area contributed by atoms with E-state index in [9.17, 15) is 21.4 Å². The molecule has 0 aliphatic rings. The number of allylic oxidation sites excluding steroid dienone is 2. The number of benzene rings is 3. The molecule has 0 amide bonds. The van der Waals surface area contributed by atoms with Crippen LogP contribution in [0.25, 0.3) is 0 Å². The van der Waals surface area contributed by atoms with Gasteiger partial charge in [0, 0.05) is 34.3 Å². The predicted octanol–water partition coefficient (Wildman–Crippen LogP) is 4.35. The van der Waals surface area contributed by atoms with E-state index in [1.807, 2.05) is 0 Å². The minimum absolute atomic E-state index is 0.0377. The van der Waals surface area contributed by atoms with Crippen molar-refractivity contribution in [1.82, 2.24) is 0 Å². The Bertz CT molecular complexity index is 1530. The molecule has 0 bridgehead atoms. The highest BCUT2D eigenvalue weighted by Crippen LogP contribution is 2.44. The molecule has 2 N–H and O–H groups in total. The van der Waals surface area contributed by atoms with E-state index in [0.29, 0.717) is 16.7 Å². The van der Waals surface area contributed by atoms with Crippen molar-refractivity contribution in [3.8, 4) is 12.1 Å². The maximum absolute atomic E-state index is 14.0. The van der Waals surface area contributed by atoms with Crippen molar-refractivity contribution in [2.45, 2.75) is 9.79 Å². The molecule has 36 heavy (non-hydrogen) atoms. The highest BCUT2D eigenvalue weighted by molar-refractivity contribution is 7.94. The van der Waals surface area contributed by atoms with Crippen molar-refractivity contribution >= 4 is 43.8 Å². The Kier molecular flexibility index (Phi) is 8.13. The van der Waals surface area contributed by atoms with E-state index in [1.54, 1.807) is 42.5 Å². The van der Waals surface area contributed by atoms with Gasteiger partial charge in [-0.1, -0.05) is 18.2 Å². The second-order valence-corrected chi connectivity index (χ2v) is 13.0. The molecule has 3 aromatic carbocycles. The summed E-state index contributed by atoms with van der Waals surface area (Å²) in [6, 6.07) is 22.8. The summed E-state index contributed by atoms with van der Waals surface area (Å²) in [5.74, 6) is 0. The lowest BCUT2D eigenvalue weighted by Crippen LogP contribution is -2.18. The van der Waals surface area contributed by atoms with Gasteiger partial charge >= 0.3 is 0 Å². The van der Waals surface area contributed by atoms with E-state index in [-0.39, 0.29) is 9.79 Å². The van der Waals surface area contributed by atoms with E-state index in [4.69, 9.17) is 10.5 Å². The van der Waals surface area contributed by atoms with Gasteiger partial charge in [0.05, 0.1) is 27.2 Å². The van der Waals surface area contributed by atoms with Crippen molar-refractivity contribution in [2.75, 3.05) is 10.2 Å². The fraction of sp³-hybridized carbons (Fsp3) is 0. The molecule has 0 unspecified atom stereocenters. The van der Waals surface area contributed by atoms with Crippen molar-refractivity contribution in [2.24, 2.45) is 0 Å². The van der Waals surface area contributed by atoms with Crippen LogP contribution in [-0.4, -0.2) is 16.8 Å². The van der Waals surface area contributed by atoms with Crippen LogP contribution in [-0.2, 0) is 24.2 Å². The number of nitrogens with zero attached hydrogens (tertiary/aromatic N) is 2. The zero-order valence-electron chi connectivity index (χ0n) is 18.5. The number of sulfone groups is 2. The van der Waals surface area contributed by atoms with Crippen LogP contribution in [0.15, 0.2) is 112 Å². The monoisotopic (exact) mass is 538 g/mol. The third-order valence-electron chi connectivity index (χ3n) is 4.70. The van der Waals surface area contributed by atoms with Gasteiger partial charge in [0.1, 0.15) is 0 Å². The third kappa shape index (κ3) is 6.49. The smallest absolute Gasteiger partial charge is 0.287 e. The fourth-order valence-corrected chi connectivity index (χ4v) is 6.75. The molecular formula is C24H19N4O5PS2.